The molecule has 4 N–H and O–H groups in total. The Morgan fingerprint density at radius 3 is 2.60 bits per heavy atom. The Balaban J connectivity index is 1.65. The molecular weight excluding hydrogens is 484 g/mol. The highest BCUT2D eigenvalue weighted by Gasteiger charge is 2.31. The Hall–Kier alpha value is -2.24. The molecule has 0 bridgehead atoms. The van der Waals surface area contributed by atoms with Crippen LogP contribution < -0.4 is 5.73 Å². The average molecular weight is 519 g/mol. The van der Waals surface area contributed by atoms with Crippen LogP contribution in [0.4, 0.5) is 0 Å². The number of nitrogens with two attached hydrogens (primary N) is 1. The number of thiophene rings is 1. The molecule has 1 aliphatic rings. The number of primary amides is 1. The van der Waals surface area contributed by atoms with Crippen molar-refractivity contribution in [3.8, 4) is 11.1 Å². The number of carbonyl (C=O) groups excluding carboxylic acids is 1. The van der Waals surface area contributed by atoms with Crippen LogP contribution in [0.15, 0.2) is 29.8 Å². The molecule has 3 heterocycles. The fourth-order valence-corrected chi connectivity index (χ4v) is 7.09. The number of piperidine rings is 1. The molecule has 1 saturated heterocycles. The first-order valence-corrected chi connectivity index (χ1v) is 14.3. The first-order valence-electron chi connectivity index (χ1n) is 11.9. The van der Waals surface area contributed by atoms with Crippen LogP contribution >= 0.6 is 11.3 Å². The Labute approximate surface area is 210 Å². The van der Waals surface area contributed by atoms with Crippen molar-refractivity contribution < 1.29 is 18.3 Å². The molecule has 1 amide bonds. The van der Waals surface area contributed by atoms with Crippen molar-refractivity contribution >= 4 is 38.2 Å². The number of benzene rings is 1. The number of hydrogen-bond donors (Lipinski definition) is 3. The van der Waals surface area contributed by atoms with E-state index < -0.39 is 21.2 Å². The highest BCUT2D eigenvalue weighted by Crippen LogP contribution is 2.38. The minimum Gasteiger partial charge on any atom is -0.395 e. The summed E-state index contributed by atoms with van der Waals surface area (Å²) in [6, 6.07) is 6.06. The summed E-state index contributed by atoms with van der Waals surface area (Å²) in [5.41, 5.74) is 9.99. The predicted molar refractivity (Wildman–Crippen MR) is 141 cm³/mol. The number of aromatic nitrogens is 1. The van der Waals surface area contributed by atoms with E-state index >= 15 is 0 Å². The van der Waals surface area contributed by atoms with E-state index in [9.17, 15) is 13.2 Å². The topological polar surface area (TPSA) is 120 Å². The van der Waals surface area contributed by atoms with E-state index in [0.717, 1.165) is 47.0 Å². The molecule has 1 fully saturated rings. The molecule has 8 nitrogen and oxygen atoms in total. The van der Waals surface area contributed by atoms with Crippen molar-refractivity contribution in [3.05, 3.63) is 45.8 Å². The lowest BCUT2D eigenvalue weighted by molar-refractivity contribution is 0.100. The number of sulfonamides is 1. The molecule has 4 rings (SSSR count). The number of nitrogens with zero attached hydrogens (tertiary/aromatic N) is 2. The number of H-pyrrole nitrogens is 1. The number of aliphatic hydroxyl groups is 1. The smallest absolute Gasteiger partial charge is 0.250 e. The number of aromatic amines is 1. The Kier molecular flexibility index (Phi) is 7.68. The van der Waals surface area contributed by atoms with Crippen molar-refractivity contribution in [1.82, 2.24) is 14.2 Å². The van der Waals surface area contributed by atoms with Crippen molar-refractivity contribution in [1.29, 1.82) is 0 Å². The van der Waals surface area contributed by atoms with Crippen molar-refractivity contribution in [3.63, 3.8) is 0 Å². The molecule has 10 heteroatoms. The Morgan fingerprint density at radius 1 is 1.26 bits per heavy atom. The summed E-state index contributed by atoms with van der Waals surface area (Å²) >= 11 is 1.65. The second kappa shape index (κ2) is 10.4. The van der Waals surface area contributed by atoms with E-state index in [0.29, 0.717) is 25.2 Å². The van der Waals surface area contributed by atoms with Gasteiger partial charge in [-0.2, -0.15) is 0 Å². The molecule has 3 aromatic rings. The van der Waals surface area contributed by atoms with Crippen molar-refractivity contribution in [2.45, 2.75) is 44.4 Å². The number of likely N-dealkylation sites (N-methyl/N-ethyl adjacent to an activating group) is 1. The number of nitrogens with one attached hydrogen (secondary N) is 1. The third-order valence-electron chi connectivity index (χ3n) is 6.83. The highest BCUT2D eigenvalue weighted by atomic mass is 32.2. The third-order valence-corrected chi connectivity index (χ3v) is 10.0. The van der Waals surface area contributed by atoms with Crippen LogP contribution in [0.5, 0.6) is 0 Å². The number of rotatable bonds is 9. The van der Waals surface area contributed by atoms with Crippen LogP contribution in [-0.4, -0.2) is 72.2 Å². The lowest BCUT2D eigenvalue weighted by Crippen LogP contribution is -2.41. The Morgan fingerprint density at radius 2 is 1.97 bits per heavy atom. The maximum Gasteiger partial charge on any atom is 0.250 e. The first kappa shape index (κ1) is 25.8. The van der Waals surface area contributed by atoms with Crippen LogP contribution in [0.2, 0.25) is 0 Å². The second-order valence-corrected chi connectivity index (χ2v) is 13.1. The number of hydrogen-bond acceptors (Lipinski definition) is 6. The van der Waals surface area contributed by atoms with E-state index in [-0.39, 0.29) is 12.5 Å². The van der Waals surface area contributed by atoms with Gasteiger partial charge in [-0.25, -0.2) is 12.7 Å². The van der Waals surface area contributed by atoms with Gasteiger partial charge < -0.3 is 15.8 Å². The summed E-state index contributed by atoms with van der Waals surface area (Å²) in [6.45, 7) is 5.89. The van der Waals surface area contributed by atoms with Gasteiger partial charge in [0.1, 0.15) is 0 Å². The van der Waals surface area contributed by atoms with E-state index in [4.69, 9.17) is 10.8 Å². The lowest BCUT2D eigenvalue weighted by Gasteiger charge is -2.32. The standard InChI is InChI=1S/C25H34N4O4S2/c1-16(2)35(32,33)29-6-4-17(5-7-29)23-13-27-24-21(23)11-18(12-22(24)25(26)31)19-10-20(34-15-19)14-28(3)8-9-30/h10-13,15-17,27,30H,4-9,14H2,1-3H3,(H2,26,31). The summed E-state index contributed by atoms with van der Waals surface area (Å²) in [7, 11) is -1.29. The third kappa shape index (κ3) is 5.31. The maximum atomic E-state index is 12.6. The molecule has 0 unspecified atom stereocenters. The van der Waals surface area contributed by atoms with Crippen molar-refractivity contribution in [2.75, 3.05) is 33.3 Å². The molecule has 1 aromatic carbocycles. The quantitative estimate of drug-likeness (QED) is 0.401. The van der Waals surface area contributed by atoms with Gasteiger partial charge in [0.15, 0.2) is 0 Å². The lowest BCUT2D eigenvalue weighted by atomic mass is 9.88. The molecule has 0 atom stereocenters. The van der Waals surface area contributed by atoms with Gasteiger partial charge in [-0.1, -0.05) is 0 Å². The van der Waals surface area contributed by atoms with Crippen LogP contribution in [0, 0.1) is 0 Å². The van der Waals surface area contributed by atoms with Gasteiger partial charge in [-0.15, -0.1) is 11.3 Å². The minimum absolute atomic E-state index is 0.117. The van der Waals surface area contributed by atoms with Crippen LogP contribution in [-0.2, 0) is 16.6 Å². The summed E-state index contributed by atoms with van der Waals surface area (Å²) in [5.74, 6) is -0.287. The van der Waals surface area contributed by atoms with Gasteiger partial charge in [0, 0.05) is 42.6 Å². The Bertz CT molecular complexity index is 1300. The highest BCUT2D eigenvalue weighted by molar-refractivity contribution is 7.89. The maximum absolute atomic E-state index is 12.6. The van der Waals surface area contributed by atoms with Gasteiger partial charge in [0.05, 0.1) is 22.9 Å². The number of amides is 1. The fraction of sp³-hybridized carbons (Fsp3) is 0.480. The molecule has 0 radical (unpaired) electrons. The zero-order chi connectivity index (χ0) is 25.3. The van der Waals surface area contributed by atoms with Gasteiger partial charge in [0.2, 0.25) is 10.0 Å². The monoisotopic (exact) mass is 518 g/mol. The van der Waals surface area contributed by atoms with Gasteiger partial charge in [-0.05, 0) is 79.9 Å². The SMILES string of the molecule is CC(C)S(=O)(=O)N1CCC(c2c[nH]c3c(C(N)=O)cc(-c4csc(CN(C)CCO)c4)cc23)CC1. The van der Waals surface area contributed by atoms with E-state index in [2.05, 4.69) is 27.4 Å². The van der Waals surface area contributed by atoms with E-state index in [1.807, 2.05) is 19.3 Å². The van der Waals surface area contributed by atoms with Gasteiger partial charge in [0.25, 0.3) is 5.91 Å². The normalized spacial score (nSPS) is 16.1. The van der Waals surface area contributed by atoms with E-state index in [1.54, 1.807) is 29.5 Å². The van der Waals surface area contributed by atoms with Gasteiger partial charge >= 0.3 is 0 Å². The number of fused-ring (bicyclic) bond motifs is 1. The summed E-state index contributed by atoms with van der Waals surface area (Å²) in [4.78, 5) is 18.8. The van der Waals surface area contributed by atoms with Crippen LogP contribution in [0.1, 0.15) is 53.4 Å². The average Bonchev–Trinajstić information content (AvgIpc) is 3.45. The zero-order valence-corrected chi connectivity index (χ0v) is 22.1. The van der Waals surface area contributed by atoms with Crippen LogP contribution in [0.25, 0.3) is 22.0 Å². The summed E-state index contributed by atoms with van der Waals surface area (Å²) in [5, 5.41) is 11.8. The summed E-state index contributed by atoms with van der Waals surface area (Å²) in [6.07, 6.45) is 3.41. The molecule has 0 saturated carbocycles. The molecule has 1 aliphatic heterocycles. The molecular formula is C25H34N4O4S2. The minimum atomic E-state index is -3.26. The second-order valence-electron chi connectivity index (χ2n) is 9.58. The number of carbonyl (C=O) groups is 1. The molecule has 35 heavy (non-hydrogen) atoms. The molecule has 190 valence electrons. The number of aliphatic hydroxyl groups excluding tert-OH is 1. The summed E-state index contributed by atoms with van der Waals surface area (Å²) < 4.78 is 26.7. The van der Waals surface area contributed by atoms with Crippen molar-refractivity contribution in [2.24, 2.45) is 5.73 Å². The fourth-order valence-electron chi connectivity index (χ4n) is 4.80. The molecule has 2 aromatic heterocycles. The zero-order valence-electron chi connectivity index (χ0n) is 20.5. The van der Waals surface area contributed by atoms with Gasteiger partial charge in [-0.3, -0.25) is 9.69 Å². The molecule has 0 aliphatic carbocycles. The largest absolute Gasteiger partial charge is 0.395 e. The predicted octanol–water partition coefficient (Wildman–Crippen LogP) is 3.34. The van der Waals surface area contributed by atoms with Crippen LogP contribution in [0.3, 0.4) is 0 Å². The van der Waals surface area contributed by atoms with E-state index in [1.165, 1.54) is 4.88 Å². The molecule has 0 spiro atoms. The first-order chi connectivity index (χ1) is 16.6.